The van der Waals surface area contributed by atoms with Crippen LogP contribution >= 0.6 is 22.6 Å². The Morgan fingerprint density at radius 3 is 2.82 bits per heavy atom. The van der Waals surface area contributed by atoms with Crippen LogP contribution in [-0.4, -0.2) is 4.92 Å². The van der Waals surface area contributed by atoms with Crippen molar-refractivity contribution in [1.29, 1.82) is 0 Å². The van der Waals surface area contributed by atoms with Gasteiger partial charge in [-0.1, -0.05) is 0 Å². The number of non-ortho nitro benzene ring substituents is 1. The fourth-order valence-corrected chi connectivity index (χ4v) is 2.04. The largest absolute Gasteiger partial charge is 0.472 e. The first-order chi connectivity index (χ1) is 8.16. The summed E-state index contributed by atoms with van der Waals surface area (Å²) in [5.74, 6) is 0. The molecule has 0 saturated heterocycles. The summed E-state index contributed by atoms with van der Waals surface area (Å²) >= 11 is 2.07. The fourth-order valence-electron chi connectivity index (χ4n) is 1.35. The second kappa shape index (κ2) is 5.17. The molecular weight excluding hydrogens is 335 g/mol. The molecule has 0 amide bonds. The van der Waals surface area contributed by atoms with Gasteiger partial charge in [0.1, 0.15) is 0 Å². The number of nitro groups is 1. The molecule has 0 aliphatic carbocycles. The molecule has 17 heavy (non-hydrogen) atoms. The van der Waals surface area contributed by atoms with E-state index >= 15 is 0 Å². The van der Waals surface area contributed by atoms with Gasteiger partial charge in [-0.25, -0.2) is 0 Å². The number of nitro benzene ring substituents is 1. The van der Waals surface area contributed by atoms with E-state index in [1.54, 1.807) is 18.6 Å². The quantitative estimate of drug-likeness (QED) is 0.524. The number of nitrogens with zero attached hydrogens (tertiary/aromatic N) is 1. The van der Waals surface area contributed by atoms with Crippen molar-refractivity contribution in [3.63, 3.8) is 0 Å². The maximum Gasteiger partial charge on any atom is 0.270 e. The minimum absolute atomic E-state index is 0.100. The Labute approximate surface area is 111 Å². The SMILES string of the molecule is O=[N+]([O-])c1ccc(NCc2ccoc2)c(I)c1. The molecule has 0 aliphatic rings. The first kappa shape index (κ1) is 11.9. The summed E-state index contributed by atoms with van der Waals surface area (Å²) in [7, 11) is 0. The lowest BCUT2D eigenvalue weighted by Gasteiger charge is -2.06. The first-order valence-electron chi connectivity index (χ1n) is 4.85. The van der Waals surface area contributed by atoms with Crippen molar-refractivity contribution >= 4 is 34.0 Å². The van der Waals surface area contributed by atoms with Gasteiger partial charge in [0.05, 0.1) is 17.4 Å². The highest BCUT2D eigenvalue weighted by molar-refractivity contribution is 14.1. The number of nitrogens with one attached hydrogen (secondary N) is 1. The van der Waals surface area contributed by atoms with Gasteiger partial charge in [-0.15, -0.1) is 0 Å². The molecule has 0 spiro atoms. The number of anilines is 1. The Balaban J connectivity index is 2.09. The van der Waals surface area contributed by atoms with E-state index in [0.717, 1.165) is 14.8 Å². The van der Waals surface area contributed by atoms with Crippen LogP contribution in [0.2, 0.25) is 0 Å². The number of halogens is 1. The Bertz CT molecular complexity index is 526. The molecule has 0 fully saturated rings. The van der Waals surface area contributed by atoms with Crippen LogP contribution in [0.25, 0.3) is 0 Å². The molecule has 0 saturated carbocycles. The Morgan fingerprint density at radius 2 is 2.24 bits per heavy atom. The summed E-state index contributed by atoms with van der Waals surface area (Å²) in [6.07, 6.45) is 3.27. The van der Waals surface area contributed by atoms with Crippen LogP contribution in [-0.2, 0) is 6.54 Å². The third kappa shape index (κ3) is 2.96. The molecule has 88 valence electrons. The minimum atomic E-state index is -0.401. The van der Waals surface area contributed by atoms with Gasteiger partial charge in [0, 0.05) is 33.5 Å². The van der Waals surface area contributed by atoms with Gasteiger partial charge in [0.2, 0.25) is 0 Å². The predicted octanol–water partition coefficient (Wildman–Crippen LogP) is 3.40. The molecular formula is C11H9IN2O3. The van der Waals surface area contributed by atoms with E-state index in [4.69, 9.17) is 4.42 Å². The Morgan fingerprint density at radius 1 is 1.41 bits per heavy atom. The van der Waals surface area contributed by atoms with Gasteiger partial charge >= 0.3 is 0 Å². The normalized spacial score (nSPS) is 10.2. The van der Waals surface area contributed by atoms with Gasteiger partial charge in [-0.2, -0.15) is 0 Å². The van der Waals surface area contributed by atoms with Gasteiger partial charge in [-0.05, 0) is 34.7 Å². The molecule has 2 aromatic rings. The lowest BCUT2D eigenvalue weighted by molar-refractivity contribution is -0.384. The molecule has 2 rings (SSSR count). The van der Waals surface area contributed by atoms with Crippen molar-refractivity contribution in [2.45, 2.75) is 6.54 Å². The highest BCUT2D eigenvalue weighted by Crippen LogP contribution is 2.24. The predicted molar refractivity (Wildman–Crippen MR) is 71.8 cm³/mol. The fraction of sp³-hybridized carbons (Fsp3) is 0.0909. The molecule has 5 nitrogen and oxygen atoms in total. The van der Waals surface area contributed by atoms with Gasteiger partial charge < -0.3 is 9.73 Å². The van der Waals surface area contributed by atoms with E-state index in [0.29, 0.717) is 6.54 Å². The van der Waals surface area contributed by atoms with E-state index < -0.39 is 4.92 Å². The summed E-state index contributed by atoms with van der Waals surface area (Å²) in [6, 6.07) is 6.60. The Kier molecular flexibility index (Phi) is 3.62. The summed E-state index contributed by atoms with van der Waals surface area (Å²) in [4.78, 5) is 10.2. The molecule has 6 heteroatoms. The van der Waals surface area contributed by atoms with E-state index in [1.165, 1.54) is 12.1 Å². The summed E-state index contributed by atoms with van der Waals surface area (Å²) < 4.78 is 5.77. The average molecular weight is 344 g/mol. The zero-order valence-corrected chi connectivity index (χ0v) is 10.9. The van der Waals surface area contributed by atoms with Crippen molar-refractivity contribution in [1.82, 2.24) is 0 Å². The third-order valence-corrected chi connectivity index (χ3v) is 3.12. The second-order valence-electron chi connectivity index (χ2n) is 3.41. The number of benzene rings is 1. The summed E-state index contributed by atoms with van der Waals surface area (Å²) in [6.45, 7) is 0.629. The Hall–Kier alpha value is -1.57. The molecule has 0 unspecified atom stereocenters. The number of hydrogen-bond donors (Lipinski definition) is 1. The highest BCUT2D eigenvalue weighted by Gasteiger charge is 2.08. The van der Waals surface area contributed by atoms with Crippen LogP contribution in [0.15, 0.2) is 41.2 Å². The monoisotopic (exact) mass is 344 g/mol. The lowest BCUT2D eigenvalue weighted by atomic mass is 10.2. The lowest BCUT2D eigenvalue weighted by Crippen LogP contribution is -2.00. The number of hydrogen-bond acceptors (Lipinski definition) is 4. The van der Waals surface area contributed by atoms with Crippen molar-refractivity contribution in [3.8, 4) is 0 Å². The molecule has 1 N–H and O–H groups in total. The molecule has 0 radical (unpaired) electrons. The van der Waals surface area contributed by atoms with Crippen LogP contribution in [0.3, 0.4) is 0 Å². The van der Waals surface area contributed by atoms with Gasteiger partial charge in [0.25, 0.3) is 5.69 Å². The van der Waals surface area contributed by atoms with Crippen LogP contribution < -0.4 is 5.32 Å². The van der Waals surface area contributed by atoms with E-state index in [2.05, 4.69) is 27.9 Å². The smallest absolute Gasteiger partial charge is 0.270 e. The standard InChI is InChI=1S/C11H9IN2O3/c12-10-5-9(14(15)16)1-2-11(10)13-6-8-3-4-17-7-8/h1-5,7,13H,6H2. The number of furan rings is 1. The summed E-state index contributed by atoms with van der Waals surface area (Å²) in [5.41, 5.74) is 2.00. The van der Waals surface area contributed by atoms with E-state index in [9.17, 15) is 10.1 Å². The van der Waals surface area contributed by atoms with Crippen molar-refractivity contribution < 1.29 is 9.34 Å². The van der Waals surface area contributed by atoms with Gasteiger partial charge in [0.15, 0.2) is 0 Å². The molecule has 0 bridgehead atoms. The number of rotatable bonds is 4. The topological polar surface area (TPSA) is 68.3 Å². The minimum Gasteiger partial charge on any atom is -0.472 e. The molecule has 1 aromatic carbocycles. The van der Waals surface area contributed by atoms with Gasteiger partial charge in [-0.3, -0.25) is 10.1 Å². The maximum atomic E-state index is 10.6. The molecule has 1 heterocycles. The molecule has 0 aliphatic heterocycles. The average Bonchev–Trinajstić information content (AvgIpc) is 2.80. The van der Waals surface area contributed by atoms with Crippen LogP contribution in [0, 0.1) is 13.7 Å². The molecule has 0 atom stereocenters. The zero-order chi connectivity index (χ0) is 12.3. The van der Waals surface area contributed by atoms with E-state index in [1.807, 2.05) is 6.07 Å². The van der Waals surface area contributed by atoms with E-state index in [-0.39, 0.29) is 5.69 Å². The van der Waals surface area contributed by atoms with Crippen LogP contribution in [0.4, 0.5) is 11.4 Å². The van der Waals surface area contributed by atoms with Crippen molar-refractivity contribution in [2.24, 2.45) is 0 Å². The van der Waals surface area contributed by atoms with Crippen molar-refractivity contribution in [3.05, 3.63) is 56.0 Å². The maximum absolute atomic E-state index is 10.6. The summed E-state index contributed by atoms with van der Waals surface area (Å²) in [5, 5.41) is 13.8. The molecule has 1 aromatic heterocycles. The zero-order valence-electron chi connectivity index (χ0n) is 8.72. The third-order valence-electron chi connectivity index (χ3n) is 2.23. The second-order valence-corrected chi connectivity index (χ2v) is 4.57. The van der Waals surface area contributed by atoms with Crippen LogP contribution in [0.1, 0.15) is 5.56 Å². The van der Waals surface area contributed by atoms with Crippen molar-refractivity contribution in [2.75, 3.05) is 5.32 Å². The highest BCUT2D eigenvalue weighted by atomic mass is 127. The first-order valence-corrected chi connectivity index (χ1v) is 5.93. The van der Waals surface area contributed by atoms with Crippen LogP contribution in [0.5, 0.6) is 0 Å².